The van der Waals surface area contributed by atoms with E-state index in [-0.39, 0.29) is 36.3 Å². The highest BCUT2D eigenvalue weighted by Gasteiger charge is 2.37. The number of ether oxygens (including phenoxy) is 2. The van der Waals surface area contributed by atoms with Crippen molar-refractivity contribution < 1.29 is 24.2 Å². The highest BCUT2D eigenvalue weighted by Crippen LogP contribution is 2.31. The van der Waals surface area contributed by atoms with E-state index in [1.54, 1.807) is 0 Å². The normalized spacial score (nSPS) is 21.4. The zero-order valence-corrected chi connectivity index (χ0v) is 24.4. The molecule has 0 saturated carbocycles. The third-order valence-corrected chi connectivity index (χ3v) is 7.78. The van der Waals surface area contributed by atoms with Gasteiger partial charge in [-0.15, -0.1) is 0 Å². The number of rotatable bonds is 12. The number of nitrogens with one attached hydrogen (secondary N) is 1. The fourth-order valence-corrected chi connectivity index (χ4v) is 5.85. The lowest BCUT2D eigenvalue weighted by Gasteiger charge is -2.40. The van der Waals surface area contributed by atoms with Crippen LogP contribution in [0.4, 0.5) is 0 Å². The van der Waals surface area contributed by atoms with Crippen molar-refractivity contribution in [1.82, 2.24) is 24.7 Å². The van der Waals surface area contributed by atoms with E-state index in [4.69, 9.17) is 14.5 Å². The first kappa shape index (κ1) is 30.3. The molecule has 0 aromatic carbocycles. The Bertz CT molecular complexity index is 1060. The summed E-state index contributed by atoms with van der Waals surface area (Å²) >= 11 is 0. The Balaban J connectivity index is 1.66. The number of aromatic nitrogens is 2. The van der Waals surface area contributed by atoms with Crippen LogP contribution in [0.5, 0.6) is 6.01 Å². The first-order chi connectivity index (χ1) is 19.4. The minimum Gasteiger partial charge on any atom is -0.465 e. The number of aliphatic hydroxyl groups is 1. The Morgan fingerprint density at radius 3 is 2.73 bits per heavy atom. The summed E-state index contributed by atoms with van der Waals surface area (Å²) in [6.07, 6.45) is 10.6. The minimum atomic E-state index is -0.181. The third-order valence-electron chi connectivity index (χ3n) is 7.78. The van der Waals surface area contributed by atoms with E-state index in [1.807, 2.05) is 27.4 Å². The van der Waals surface area contributed by atoms with Gasteiger partial charge in [0.2, 0.25) is 5.91 Å². The van der Waals surface area contributed by atoms with Gasteiger partial charge < -0.3 is 29.7 Å². The summed E-state index contributed by atoms with van der Waals surface area (Å²) in [4.78, 5) is 36.4. The Kier molecular flexibility index (Phi) is 11.2. The van der Waals surface area contributed by atoms with Crippen LogP contribution in [0.1, 0.15) is 69.1 Å². The molecule has 40 heavy (non-hydrogen) atoms. The number of carbonyl (C=O) groups is 2. The Morgan fingerprint density at radius 2 is 2.05 bits per heavy atom. The lowest BCUT2D eigenvalue weighted by molar-refractivity contribution is -0.140. The number of hydrogen-bond acceptors (Lipinski definition) is 7. The van der Waals surface area contributed by atoms with Crippen molar-refractivity contribution >= 4 is 17.5 Å². The molecule has 222 valence electrons. The monoisotopic (exact) mass is 557 g/mol. The van der Waals surface area contributed by atoms with Crippen LogP contribution in [0.25, 0.3) is 5.70 Å². The molecule has 2 aliphatic heterocycles. The van der Waals surface area contributed by atoms with E-state index in [1.165, 1.54) is 0 Å². The Morgan fingerprint density at radius 1 is 1.25 bits per heavy atom. The summed E-state index contributed by atoms with van der Waals surface area (Å²) in [5, 5.41) is 12.9. The Hall–Kier alpha value is -2.69. The minimum absolute atomic E-state index is 0.104. The van der Waals surface area contributed by atoms with Crippen LogP contribution in [0.3, 0.4) is 0 Å². The van der Waals surface area contributed by atoms with E-state index in [0.29, 0.717) is 83.5 Å². The zero-order chi connectivity index (χ0) is 28.5. The highest BCUT2D eigenvalue weighted by atomic mass is 16.5. The molecule has 0 spiro atoms. The summed E-state index contributed by atoms with van der Waals surface area (Å²) in [6, 6.07) is 0.319. The number of amides is 2. The number of allylic oxidation sites excluding steroid dienone is 4. The fourth-order valence-electron chi connectivity index (χ4n) is 5.85. The quantitative estimate of drug-likeness (QED) is 0.381. The fraction of sp³-hybridized carbons (Fsp3) is 0.700. The number of unbranched alkanes of at least 4 members (excludes halogenated alkanes) is 1. The van der Waals surface area contributed by atoms with Gasteiger partial charge in [-0.25, -0.2) is 0 Å². The van der Waals surface area contributed by atoms with Crippen LogP contribution < -0.4 is 10.1 Å². The van der Waals surface area contributed by atoms with Crippen LogP contribution in [0.15, 0.2) is 18.2 Å². The van der Waals surface area contributed by atoms with Crippen molar-refractivity contribution in [3.8, 4) is 6.01 Å². The molecule has 0 unspecified atom stereocenters. The summed E-state index contributed by atoms with van der Waals surface area (Å²) in [6.45, 7) is 10.9. The van der Waals surface area contributed by atoms with Gasteiger partial charge >= 0.3 is 6.01 Å². The number of hydrogen-bond donors (Lipinski definition) is 2. The van der Waals surface area contributed by atoms with Gasteiger partial charge in [-0.1, -0.05) is 26.0 Å². The number of nitrogens with zero attached hydrogens (tertiary/aromatic N) is 4. The summed E-state index contributed by atoms with van der Waals surface area (Å²) in [5.74, 6) is 0.0868. The summed E-state index contributed by atoms with van der Waals surface area (Å²) in [7, 11) is 0. The van der Waals surface area contributed by atoms with Gasteiger partial charge in [0, 0.05) is 51.1 Å². The zero-order valence-electron chi connectivity index (χ0n) is 24.4. The van der Waals surface area contributed by atoms with Crippen molar-refractivity contribution in [1.29, 1.82) is 0 Å². The molecular formula is C30H47N5O5. The molecule has 3 heterocycles. The second-order valence-electron chi connectivity index (χ2n) is 11.3. The van der Waals surface area contributed by atoms with Crippen LogP contribution in [0.2, 0.25) is 0 Å². The lowest BCUT2D eigenvalue weighted by atomic mass is 9.92. The Labute approximate surface area is 238 Å². The van der Waals surface area contributed by atoms with Crippen LogP contribution in [0, 0.1) is 11.8 Å². The molecule has 2 amide bonds. The van der Waals surface area contributed by atoms with Crippen LogP contribution in [-0.2, 0) is 16.0 Å². The van der Waals surface area contributed by atoms with E-state index in [9.17, 15) is 14.7 Å². The van der Waals surface area contributed by atoms with Crippen LogP contribution >= 0.6 is 0 Å². The maximum Gasteiger partial charge on any atom is 0.301 e. The number of imidazole rings is 1. The molecule has 0 radical (unpaired) electrons. The summed E-state index contributed by atoms with van der Waals surface area (Å²) < 4.78 is 13.4. The van der Waals surface area contributed by atoms with E-state index in [0.717, 1.165) is 30.7 Å². The molecule has 10 nitrogen and oxygen atoms in total. The van der Waals surface area contributed by atoms with Gasteiger partial charge in [0.25, 0.3) is 5.91 Å². The molecule has 2 saturated heterocycles. The molecule has 1 aliphatic carbocycles. The van der Waals surface area contributed by atoms with Gasteiger partial charge in [0.15, 0.2) is 5.69 Å². The second-order valence-corrected chi connectivity index (χ2v) is 11.3. The van der Waals surface area contributed by atoms with Crippen molar-refractivity contribution in [3.63, 3.8) is 0 Å². The molecule has 3 aliphatic rings. The maximum atomic E-state index is 14.4. The average Bonchev–Trinajstić information content (AvgIpc) is 3.34. The average molecular weight is 558 g/mol. The molecule has 2 fully saturated rings. The predicted octanol–water partition coefficient (Wildman–Crippen LogP) is 2.72. The molecule has 10 heteroatoms. The molecule has 2 atom stereocenters. The van der Waals surface area contributed by atoms with Crippen LogP contribution in [-0.4, -0.2) is 101 Å². The molecule has 1 aromatic heterocycles. The van der Waals surface area contributed by atoms with Crippen molar-refractivity contribution in [2.24, 2.45) is 11.8 Å². The summed E-state index contributed by atoms with van der Waals surface area (Å²) in [5.41, 5.74) is 2.31. The van der Waals surface area contributed by atoms with E-state index >= 15 is 0 Å². The topological polar surface area (TPSA) is 109 Å². The number of morpholine rings is 1. The maximum absolute atomic E-state index is 14.4. The second kappa shape index (κ2) is 14.8. The van der Waals surface area contributed by atoms with E-state index in [2.05, 4.69) is 31.3 Å². The first-order valence-electron chi connectivity index (χ1n) is 15.0. The van der Waals surface area contributed by atoms with Crippen molar-refractivity contribution in [2.75, 3.05) is 59.2 Å². The van der Waals surface area contributed by atoms with Gasteiger partial charge in [-0.05, 0) is 57.4 Å². The van der Waals surface area contributed by atoms with Gasteiger partial charge in [0.05, 0.1) is 31.4 Å². The predicted molar refractivity (Wildman–Crippen MR) is 154 cm³/mol. The van der Waals surface area contributed by atoms with Gasteiger partial charge in [0.1, 0.15) is 0 Å². The third kappa shape index (κ3) is 7.33. The largest absolute Gasteiger partial charge is 0.465 e. The smallest absolute Gasteiger partial charge is 0.301 e. The molecular weight excluding hydrogens is 510 g/mol. The molecule has 0 bridgehead atoms. The SMILES string of the molecule is CCOc1nc(C(=O)N(CC(C)C)[C@@H]2CNC[C@H](C(=O)N3CCOCC3)C2)c(CCCCO)n1C1=CC=CCC1. The number of carbonyl (C=O) groups excluding carboxylic acids is 2. The highest BCUT2D eigenvalue weighted by molar-refractivity contribution is 5.94. The first-order valence-corrected chi connectivity index (χ1v) is 15.0. The van der Waals surface area contributed by atoms with Gasteiger partial charge in [-0.2, -0.15) is 4.98 Å². The molecule has 1 aromatic rings. The standard InChI is InChI=1S/C30H47N5O5/c1-4-40-30-32-27(26(12-8-9-15-36)35(30)24-10-6-5-7-11-24)29(38)34(21-22(2)3)25-18-23(19-31-20-25)28(37)33-13-16-39-17-14-33/h5-6,10,22-23,25,31,36H,4,7-9,11-21H2,1-3H3/t23-,25+/m1/s1. The number of aliphatic hydroxyl groups excluding tert-OH is 1. The van der Waals surface area contributed by atoms with Gasteiger partial charge in [-0.3, -0.25) is 14.2 Å². The molecule has 4 rings (SSSR count). The molecule has 2 N–H and O–H groups in total. The number of piperidine rings is 1. The van der Waals surface area contributed by atoms with Crippen molar-refractivity contribution in [2.45, 2.75) is 65.3 Å². The van der Waals surface area contributed by atoms with Crippen molar-refractivity contribution in [3.05, 3.63) is 29.6 Å². The van der Waals surface area contributed by atoms with E-state index < -0.39 is 0 Å². The lowest BCUT2D eigenvalue weighted by Crippen LogP contribution is -2.56.